The van der Waals surface area contributed by atoms with Gasteiger partial charge in [0.05, 0.1) is 22.3 Å². The Balaban J connectivity index is 1.82. The molecule has 0 saturated carbocycles. The van der Waals surface area contributed by atoms with E-state index in [1.807, 2.05) is 0 Å². The Morgan fingerprint density at radius 1 is 0.903 bits per heavy atom. The fraction of sp³-hybridized carbons (Fsp3) is 0.0455. The first-order valence-corrected chi connectivity index (χ1v) is 9.15. The molecule has 1 aromatic heterocycles. The van der Waals surface area contributed by atoms with Crippen molar-refractivity contribution < 1.29 is 18.0 Å². The molecule has 156 valence electrons. The third-order valence-corrected chi connectivity index (χ3v) is 4.50. The average Bonchev–Trinajstić information content (AvgIpc) is 2.77. The second-order valence-electron chi connectivity index (χ2n) is 6.58. The maximum Gasteiger partial charge on any atom is 0.416 e. The first-order chi connectivity index (χ1) is 14.8. The molecular weight excluding hydrogens is 409 g/mol. The molecular formula is C22H15F3N4O2. The number of fused-ring (bicyclic) bond motifs is 1. The summed E-state index contributed by atoms with van der Waals surface area (Å²) in [7, 11) is 0. The van der Waals surface area contributed by atoms with Gasteiger partial charge in [0, 0.05) is 5.69 Å². The topological polar surface area (TPSA) is 76.0 Å². The molecule has 4 aromatic rings. The van der Waals surface area contributed by atoms with Crippen molar-refractivity contribution in [1.82, 2.24) is 15.0 Å². The number of hydrazine groups is 1. The number of carbonyl (C=O) groups is 1. The van der Waals surface area contributed by atoms with Crippen molar-refractivity contribution in [3.63, 3.8) is 0 Å². The third kappa shape index (κ3) is 4.11. The molecule has 1 amide bonds. The molecule has 0 unspecified atom stereocenters. The highest BCUT2D eigenvalue weighted by Crippen LogP contribution is 2.30. The first kappa shape index (κ1) is 20.1. The molecule has 3 aromatic carbocycles. The molecule has 0 radical (unpaired) electrons. The molecule has 1 heterocycles. The lowest BCUT2D eigenvalue weighted by atomic mass is 10.1. The van der Waals surface area contributed by atoms with E-state index < -0.39 is 28.9 Å². The molecule has 0 aliphatic rings. The number of rotatable bonds is 4. The van der Waals surface area contributed by atoms with Crippen LogP contribution >= 0.6 is 0 Å². The molecule has 2 N–H and O–H groups in total. The zero-order chi connectivity index (χ0) is 22.0. The fourth-order valence-corrected chi connectivity index (χ4v) is 3.07. The molecule has 0 bridgehead atoms. The molecule has 9 heteroatoms. The van der Waals surface area contributed by atoms with Crippen molar-refractivity contribution in [3.8, 4) is 5.69 Å². The minimum Gasteiger partial charge on any atom is -0.298 e. The predicted octanol–water partition coefficient (Wildman–Crippen LogP) is 4.16. The van der Waals surface area contributed by atoms with Crippen molar-refractivity contribution in [3.05, 3.63) is 100 Å². The van der Waals surface area contributed by atoms with Crippen LogP contribution in [0.3, 0.4) is 0 Å². The number of para-hydroxylation sites is 3. The minimum atomic E-state index is -4.58. The molecule has 0 saturated heterocycles. The number of halogens is 3. The number of nitrogens with zero attached hydrogens (tertiary/aromatic N) is 2. The molecule has 6 nitrogen and oxygen atoms in total. The van der Waals surface area contributed by atoms with Gasteiger partial charge in [0.15, 0.2) is 5.69 Å². The van der Waals surface area contributed by atoms with E-state index in [4.69, 9.17) is 0 Å². The van der Waals surface area contributed by atoms with Crippen LogP contribution in [0.4, 0.5) is 18.9 Å². The zero-order valence-electron chi connectivity index (χ0n) is 15.9. The number of alkyl halides is 3. The summed E-state index contributed by atoms with van der Waals surface area (Å²) in [6, 6.07) is 19.5. The van der Waals surface area contributed by atoms with Crippen LogP contribution in [0.25, 0.3) is 16.7 Å². The monoisotopic (exact) mass is 424 g/mol. The number of benzene rings is 3. The smallest absolute Gasteiger partial charge is 0.298 e. The summed E-state index contributed by atoms with van der Waals surface area (Å²) >= 11 is 0. The average molecular weight is 424 g/mol. The minimum absolute atomic E-state index is 0.0245. The second-order valence-corrected chi connectivity index (χ2v) is 6.58. The van der Waals surface area contributed by atoms with Crippen LogP contribution in [0.2, 0.25) is 0 Å². The highest BCUT2D eigenvalue weighted by Gasteiger charge is 2.31. The molecule has 0 aliphatic carbocycles. The van der Waals surface area contributed by atoms with Gasteiger partial charge in [0.25, 0.3) is 11.5 Å². The van der Waals surface area contributed by atoms with E-state index in [2.05, 4.69) is 15.8 Å². The number of carbonyl (C=O) groups excluding carboxylic acids is 1. The van der Waals surface area contributed by atoms with Gasteiger partial charge in [-0.2, -0.15) is 13.2 Å². The Hall–Kier alpha value is -4.14. The van der Waals surface area contributed by atoms with Crippen molar-refractivity contribution in [1.29, 1.82) is 0 Å². The van der Waals surface area contributed by atoms with Crippen LogP contribution in [-0.2, 0) is 6.18 Å². The Bertz CT molecular complexity index is 1320. The number of aromatic nitrogens is 2. The summed E-state index contributed by atoms with van der Waals surface area (Å²) in [6.07, 6.45) is -4.58. The van der Waals surface area contributed by atoms with E-state index in [0.717, 1.165) is 16.7 Å². The fourth-order valence-electron chi connectivity index (χ4n) is 3.07. The molecule has 31 heavy (non-hydrogen) atoms. The number of anilines is 1. The van der Waals surface area contributed by atoms with Gasteiger partial charge in [0.1, 0.15) is 0 Å². The van der Waals surface area contributed by atoms with Crippen LogP contribution in [-0.4, -0.2) is 15.5 Å². The molecule has 0 fully saturated rings. The van der Waals surface area contributed by atoms with Crippen molar-refractivity contribution in [2.75, 3.05) is 5.43 Å². The van der Waals surface area contributed by atoms with Gasteiger partial charge >= 0.3 is 6.18 Å². The normalized spacial score (nSPS) is 11.3. The van der Waals surface area contributed by atoms with Crippen molar-refractivity contribution in [2.45, 2.75) is 6.18 Å². The quantitative estimate of drug-likeness (QED) is 0.483. The lowest BCUT2D eigenvalue weighted by Crippen LogP contribution is -2.37. The van der Waals surface area contributed by atoms with Gasteiger partial charge in [-0.3, -0.25) is 25.0 Å². The van der Waals surface area contributed by atoms with Gasteiger partial charge in [-0.15, -0.1) is 0 Å². The number of hydrogen-bond donors (Lipinski definition) is 2. The Labute approximate surface area is 173 Å². The predicted molar refractivity (Wildman–Crippen MR) is 110 cm³/mol. The number of hydrogen-bond acceptors (Lipinski definition) is 4. The zero-order valence-corrected chi connectivity index (χ0v) is 15.9. The number of amides is 1. The molecule has 0 aliphatic heterocycles. The first-order valence-electron chi connectivity index (χ1n) is 9.15. The van der Waals surface area contributed by atoms with Gasteiger partial charge in [-0.1, -0.05) is 36.4 Å². The summed E-state index contributed by atoms with van der Waals surface area (Å²) in [4.78, 5) is 29.9. The van der Waals surface area contributed by atoms with Crippen LogP contribution in [0.1, 0.15) is 16.1 Å². The van der Waals surface area contributed by atoms with E-state index in [1.165, 1.54) is 12.1 Å². The maximum absolute atomic E-state index is 13.2. The highest BCUT2D eigenvalue weighted by molar-refractivity contribution is 5.94. The lowest BCUT2D eigenvalue weighted by molar-refractivity contribution is -0.137. The van der Waals surface area contributed by atoms with E-state index >= 15 is 0 Å². The standard InChI is InChI=1S/C22H15F3N4O2/c23-22(24,25)14-7-6-10-16(13-14)29-18-12-5-4-11-17(18)26-19(21(29)31)20(30)28-27-15-8-2-1-3-9-15/h1-13,27H,(H,28,30). The molecule has 4 rings (SSSR count). The van der Waals surface area contributed by atoms with Crippen molar-refractivity contribution in [2.24, 2.45) is 0 Å². The summed E-state index contributed by atoms with van der Waals surface area (Å²) < 4.78 is 40.6. The Kier molecular flexibility index (Phi) is 5.16. The van der Waals surface area contributed by atoms with E-state index in [0.29, 0.717) is 5.69 Å². The largest absolute Gasteiger partial charge is 0.416 e. The maximum atomic E-state index is 13.2. The Morgan fingerprint density at radius 2 is 1.61 bits per heavy atom. The van der Waals surface area contributed by atoms with Crippen molar-refractivity contribution >= 4 is 22.6 Å². The van der Waals surface area contributed by atoms with Gasteiger partial charge in [-0.25, -0.2) is 4.98 Å². The summed E-state index contributed by atoms with van der Waals surface area (Å²) in [5.41, 5.74) is 3.96. The summed E-state index contributed by atoms with van der Waals surface area (Å²) in [5.74, 6) is -0.819. The van der Waals surface area contributed by atoms with E-state index in [-0.39, 0.29) is 16.7 Å². The van der Waals surface area contributed by atoms with E-state index in [1.54, 1.807) is 54.6 Å². The summed E-state index contributed by atoms with van der Waals surface area (Å²) in [5, 5.41) is 0. The highest BCUT2D eigenvalue weighted by atomic mass is 19.4. The molecule has 0 atom stereocenters. The van der Waals surface area contributed by atoms with Crippen LogP contribution in [0.15, 0.2) is 83.7 Å². The van der Waals surface area contributed by atoms with E-state index in [9.17, 15) is 22.8 Å². The molecule has 0 spiro atoms. The van der Waals surface area contributed by atoms with Gasteiger partial charge in [0.2, 0.25) is 0 Å². The van der Waals surface area contributed by atoms with Crippen LogP contribution in [0, 0.1) is 0 Å². The van der Waals surface area contributed by atoms with Crippen LogP contribution < -0.4 is 16.4 Å². The summed E-state index contributed by atoms with van der Waals surface area (Å²) in [6.45, 7) is 0. The second kappa shape index (κ2) is 7.94. The number of nitrogens with one attached hydrogen (secondary N) is 2. The van der Waals surface area contributed by atoms with Gasteiger partial charge in [-0.05, 0) is 42.5 Å². The third-order valence-electron chi connectivity index (χ3n) is 4.50. The van der Waals surface area contributed by atoms with Gasteiger partial charge < -0.3 is 0 Å². The lowest BCUT2D eigenvalue weighted by Gasteiger charge is -2.14. The Morgan fingerprint density at radius 3 is 2.35 bits per heavy atom. The SMILES string of the molecule is O=C(NNc1ccccc1)c1nc2ccccc2n(-c2cccc(C(F)(F)F)c2)c1=O. The van der Waals surface area contributed by atoms with Crippen LogP contribution in [0.5, 0.6) is 0 Å².